The molecule has 2 saturated carbocycles. The Bertz CT molecular complexity index is 950. The zero-order valence-corrected chi connectivity index (χ0v) is 20.5. The van der Waals surface area contributed by atoms with Gasteiger partial charge in [-0.1, -0.05) is 44.5 Å². The first-order chi connectivity index (χ1) is 14.8. The molecule has 0 radical (unpaired) electrons. The van der Waals surface area contributed by atoms with Crippen LogP contribution in [0.1, 0.15) is 65.9 Å². The van der Waals surface area contributed by atoms with Crippen LogP contribution in [0, 0.1) is 16.7 Å². The molecule has 1 aromatic rings. The van der Waals surface area contributed by atoms with Gasteiger partial charge >= 0.3 is 12.1 Å². The highest BCUT2D eigenvalue weighted by Gasteiger charge is 2.67. The van der Waals surface area contributed by atoms with E-state index in [0.717, 1.165) is 24.1 Å². The maximum Gasteiger partial charge on any atom is 0.407 e. The first kappa shape index (κ1) is 23.1. The Morgan fingerprint density at radius 2 is 1.94 bits per heavy atom. The number of nitrogens with zero attached hydrogens (tertiary/aromatic N) is 1. The quantitative estimate of drug-likeness (QED) is 0.631. The highest BCUT2D eigenvalue weighted by Crippen LogP contribution is 2.65. The van der Waals surface area contributed by atoms with Gasteiger partial charge in [0.25, 0.3) is 0 Å². The lowest BCUT2D eigenvalue weighted by Crippen LogP contribution is -2.49. The zero-order chi connectivity index (χ0) is 23.5. The van der Waals surface area contributed by atoms with Crippen LogP contribution < -0.4 is 5.32 Å². The Morgan fingerprint density at radius 1 is 1.28 bits per heavy atom. The van der Waals surface area contributed by atoms with Gasteiger partial charge in [0.05, 0.1) is 5.71 Å². The van der Waals surface area contributed by atoms with Crippen LogP contribution >= 0.6 is 11.6 Å². The maximum atomic E-state index is 13.2. The van der Waals surface area contributed by atoms with Gasteiger partial charge in [-0.2, -0.15) is 0 Å². The molecule has 0 saturated heterocycles. The predicted molar refractivity (Wildman–Crippen MR) is 124 cm³/mol. The van der Waals surface area contributed by atoms with Crippen LogP contribution in [-0.2, 0) is 14.3 Å². The molecule has 6 nitrogen and oxygen atoms in total. The van der Waals surface area contributed by atoms with Crippen LogP contribution in [0.3, 0.4) is 0 Å². The summed E-state index contributed by atoms with van der Waals surface area (Å²) in [5, 5.41) is 3.42. The molecule has 1 aliphatic heterocycles. The zero-order valence-electron chi connectivity index (χ0n) is 19.7. The average Bonchev–Trinajstić information content (AvgIpc) is 3.00. The molecule has 174 valence electrons. The lowest BCUT2D eigenvalue weighted by atomic mass is 9.70. The summed E-state index contributed by atoms with van der Waals surface area (Å²) in [7, 11) is 0. The van der Waals surface area contributed by atoms with E-state index in [9.17, 15) is 9.59 Å². The molecule has 1 aromatic carbocycles. The van der Waals surface area contributed by atoms with Gasteiger partial charge in [-0.25, -0.2) is 9.59 Å². The molecule has 4 rings (SSSR count). The molecular formula is C25H33ClN2O4. The molecule has 0 aromatic heterocycles. The number of alkyl carbamates (subject to hydrolysis) is 1. The van der Waals surface area contributed by atoms with E-state index < -0.39 is 23.7 Å². The summed E-state index contributed by atoms with van der Waals surface area (Å²) in [4.78, 5) is 30.6. The highest BCUT2D eigenvalue weighted by molar-refractivity contribution is 6.30. The fraction of sp³-hybridized carbons (Fsp3) is 0.640. The number of carbonyl (C=O) groups is 2. The molecule has 32 heavy (non-hydrogen) atoms. The third-order valence-corrected chi connectivity index (χ3v) is 8.06. The summed E-state index contributed by atoms with van der Waals surface area (Å²) in [5.74, 6) is -0.428. The van der Waals surface area contributed by atoms with Crippen molar-refractivity contribution in [1.82, 2.24) is 5.32 Å². The van der Waals surface area contributed by atoms with E-state index in [1.807, 2.05) is 32.9 Å². The van der Waals surface area contributed by atoms with Crippen molar-refractivity contribution >= 4 is 29.4 Å². The summed E-state index contributed by atoms with van der Waals surface area (Å²) in [5.41, 5.74) is 1.19. The Labute approximate surface area is 195 Å². The molecule has 7 heteroatoms. The number of esters is 1. The molecule has 1 N–H and O–H groups in total. The van der Waals surface area contributed by atoms with Crippen molar-refractivity contribution in [2.45, 2.75) is 78.0 Å². The predicted octanol–water partition coefficient (Wildman–Crippen LogP) is 5.14. The normalized spacial score (nSPS) is 31.4. The van der Waals surface area contributed by atoms with Crippen molar-refractivity contribution in [2.24, 2.45) is 21.7 Å². The molecule has 0 spiro atoms. The fourth-order valence-corrected chi connectivity index (χ4v) is 5.78. The van der Waals surface area contributed by atoms with Crippen molar-refractivity contribution in [2.75, 3.05) is 6.54 Å². The molecule has 1 amide bonds. The molecule has 0 unspecified atom stereocenters. The topological polar surface area (TPSA) is 77.0 Å². The van der Waals surface area contributed by atoms with Crippen LogP contribution in [0.5, 0.6) is 0 Å². The van der Waals surface area contributed by atoms with E-state index in [4.69, 9.17) is 26.1 Å². The smallest absolute Gasteiger partial charge is 0.407 e. The Balaban J connectivity index is 1.65. The molecule has 2 fully saturated rings. The lowest BCUT2D eigenvalue weighted by molar-refractivity contribution is -0.156. The summed E-state index contributed by atoms with van der Waals surface area (Å²) in [6, 6.07) is 6.58. The number of halogens is 1. The minimum atomic E-state index is -0.726. The number of aliphatic imine (C=N–C) groups is 1. The first-order valence-corrected chi connectivity index (χ1v) is 11.7. The first-order valence-electron chi connectivity index (χ1n) is 11.3. The monoisotopic (exact) mass is 460 g/mol. The van der Waals surface area contributed by atoms with E-state index in [2.05, 4.69) is 26.1 Å². The molecule has 5 atom stereocenters. The van der Waals surface area contributed by atoms with E-state index in [0.29, 0.717) is 10.9 Å². The molecule has 3 aliphatic rings. The van der Waals surface area contributed by atoms with Crippen LogP contribution in [0.25, 0.3) is 0 Å². The number of benzene rings is 1. The SMILES string of the molecule is CC(C)(C)OC(=O)NC[C@@H](c1ccc(Cl)cc1)[C@H]1N=C2[C@H]3CC[C@@](C)([C@@H]2OC1=O)C3(C)C. The molecular weight excluding hydrogens is 428 g/mol. The Kier molecular flexibility index (Phi) is 5.60. The van der Waals surface area contributed by atoms with Crippen molar-refractivity contribution < 1.29 is 19.1 Å². The third-order valence-electron chi connectivity index (χ3n) is 7.81. The second kappa shape index (κ2) is 7.75. The summed E-state index contributed by atoms with van der Waals surface area (Å²) >= 11 is 6.08. The lowest BCUT2D eigenvalue weighted by Gasteiger charge is -2.40. The standard InChI is InChI=1S/C25H33ClN2O4/c1-23(2,3)32-22(30)27-13-16(14-7-9-15(26)10-8-14)18-21(29)31-20-19(28-18)17-11-12-25(20,6)24(17,4)5/h7-10,16-18,20H,11-13H2,1-6H3,(H,27,30)/t16-,17+,18+,20+,25-/m0/s1. The number of hydrogen-bond donors (Lipinski definition) is 1. The van der Waals surface area contributed by atoms with Crippen molar-refractivity contribution in [3.8, 4) is 0 Å². The van der Waals surface area contributed by atoms with Gasteiger partial charge in [0.15, 0.2) is 6.04 Å². The van der Waals surface area contributed by atoms with Crippen molar-refractivity contribution in [3.63, 3.8) is 0 Å². The van der Waals surface area contributed by atoms with Gasteiger partial charge in [0, 0.05) is 28.8 Å². The third kappa shape index (κ3) is 3.81. The fourth-order valence-electron chi connectivity index (χ4n) is 5.65. The van der Waals surface area contributed by atoms with Gasteiger partial charge in [-0.05, 0) is 56.7 Å². The van der Waals surface area contributed by atoms with E-state index in [1.54, 1.807) is 12.1 Å². The largest absolute Gasteiger partial charge is 0.454 e. The number of hydrogen-bond acceptors (Lipinski definition) is 5. The minimum Gasteiger partial charge on any atom is -0.454 e. The molecule has 2 bridgehead atoms. The second-order valence-corrected chi connectivity index (χ2v) is 11.5. The Morgan fingerprint density at radius 3 is 2.56 bits per heavy atom. The number of nitrogens with one attached hydrogen (secondary N) is 1. The van der Waals surface area contributed by atoms with Crippen LogP contribution in [0.15, 0.2) is 29.3 Å². The van der Waals surface area contributed by atoms with Gasteiger partial charge in [-0.3, -0.25) is 4.99 Å². The number of carbonyl (C=O) groups excluding carboxylic acids is 2. The van der Waals surface area contributed by atoms with Gasteiger partial charge in [0.1, 0.15) is 11.7 Å². The highest BCUT2D eigenvalue weighted by atomic mass is 35.5. The van der Waals surface area contributed by atoms with Crippen LogP contribution in [-0.4, -0.2) is 42.1 Å². The summed E-state index contributed by atoms with van der Waals surface area (Å²) < 4.78 is 11.5. The van der Waals surface area contributed by atoms with Gasteiger partial charge in [-0.15, -0.1) is 0 Å². The number of ether oxygens (including phenoxy) is 2. The summed E-state index contributed by atoms with van der Waals surface area (Å²) in [6.07, 6.45) is 1.31. The second-order valence-electron chi connectivity index (χ2n) is 11.1. The van der Waals surface area contributed by atoms with Crippen molar-refractivity contribution in [3.05, 3.63) is 34.9 Å². The van der Waals surface area contributed by atoms with E-state index in [1.165, 1.54) is 0 Å². The Hall–Kier alpha value is -2.08. The number of amides is 1. The van der Waals surface area contributed by atoms with E-state index >= 15 is 0 Å². The van der Waals surface area contributed by atoms with Gasteiger partial charge in [0.2, 0.25) is 0 Å². The molecule has 1 heterocycles. The number of fused-ring (bicyclic) bond motifs is 5. The van der Waals surface area contributed by atoms with Crippen LogP contribution in [0.4, 0.5) is 4.79 Å². The van der Waals surface area contributed by atoms with Crippen LogP contribution in [0.2, 0.25) is 5.02 Å². The molecule has 2 aliphatic carbocycles. The van der Waals surface area contributed by atoms with Crippen molar-refractivity contribution in [1.29, 1.82) is 0 Å². The van der Waals surface area contributed by atoms with Gasteiger partial charge < -0.3 is 14.8 Å². The maximum absolute atomic E-state index is 13.2. The average molecular weight is 461 g/mol. The van der Waals surface area contributed by atoms with E-state index in [-0.39, 0.29) is 29.4 Å². The summed E-state index contributed by atoms with van der Waals surface area (Å²) in [6.45, 7) is 12.4. The minimum absolute atomic E-state index is 0.0240. The number of rotatable bonds is 4.